The molecule has 0 aliphatic carbocycles. The van der Waals surface area contributed by atoms with Crippen molar-refractivity contribution in [2.24, 2.45) is 0 Å². The van der Waals surface area contributed by atoms with Gasteiger partial charge in [-0.05, 0) is 29.7 Å². The molecule has 25 heavy (non-hydrogen) atoms. The Kier molecular flexibility index (Phi) is 5.06. The summed E-state index contributed by atoms with van der Waals surface area (Å²) < 4.78 is 54.4. The molecule has 1 aliphatic heterocycles. The first-order valence-electron chi connectivity index (χ1n) is 8.04. The van der Waals surface area contributed by atoms with Gasteiger partial charge in [0.2, 0.25) is 12.3 Å². The molecule has 0 bridgehead atoms. The van der Waals surface area contributed by atoms with E-state index in [2.05, 4.69) is 0 Å². The molecule has 132 valence electrons. The number of carbonyl (C=O) groups excluding carboxylic acids is 1. The van der Waals surface area contributed by atoms with Crippen LogP contribution in [0.25, 0.3) is 0 Å². The molecule has 0 saturated heterocycles. The smallest absolute Gasteiger partial charge is 0.245 e. The number of nitrogens with zero attached hydrogens (tertiary/aromatic N) is 1. The van der Waals surface area contributed by atoms with Crippen molar-refractivity contribution >= 4 is 5.91 Å². The van der Waals surface area contributed by atoms with Crippen LogP contribution >= 0.6 is 0 Å². The van der Waals surface area contributed by atoms with Crippen molar-refractivity contribution in [3.63, 3.8) is 0 Å². The van der Waals surface area contributed by atoms with Crippen molar-refractivity contribution in [3.05, 3.63) is 70.8 Å². The number of hydrogen-bond donors (Lipinski definition) is 0. The maximum atomic E-state index is 13.9. The highest BCUT2D eigenvalue weighted by molar-refractivity contribution is 5.77. The molecular formula is C19H17F4NO. The predicted molar refractivity (Wildman–Crippen MR) is 85.3 cm³/mol. The van der Waals surface area contributed by atoms with Crippen molar-refractivity contribution in [2.45, 2.75) is 31.7 Å². The number of rotatable bonds is 4. The van der Waals surface area contributed by atoms with E-state index in [0.717, 1.165) is 12.1 Å². The number of alkyl halides is 2. The summed E-state index contributed by atoms with van der Waals surface area (Å²) in [5.74, 6) is -2.78. The van der Waals surface area contributed by atoms with Gasteiger partial charge in [-0.25, -0.2) is 17.6 Å². The van der Waals surface area contributed by atoms with E-state index in [1.165, 1.54) is 4.90 Å². The molecule has 6 heteroatoms. The number of halogens is 4. The van der Waals surface area contributed by atoms with Crippen LogP contribution in [0.1, 0.15) is 29.0 Å². The standard InChI is InChI=1S/C19H17F4NO/c20-16-6-7-17(21)15-11-24(9-8-13(15)16)18(25)10-14(19(22)23)12-4-2-1-3-5-12/h1-7,14,19H,8-11H2. The second kappa shape index (κ2) is 7.25. The summed E-state index contributed by atoms with van der Waals surface area (Å²) in [6, 6.07) is 10.2. The van der Waals surface area contributed by atoms with Gasteiger partial charge in [-0.3, -0.25) is 4.79 Å². The molecule has 2 aromatic rings. The minimum Gasteiger partial charge on any atom is -0.338 e. The van der Waals surface area contributed by atoms with E-state index in [9.17, 15) is 22.4 Å². The summed E-state index contributed by atoms with van der Waals surface area (Å²) in [6.45, 7) is 0.0967. The highest BCUT2D eigenvalue weighted by Crippen LogP contribution is 2.30. The molecular weight excluding hydrogens is 334 g/mol. The van der Waals surface area contributed by atoms with Crippen molar-refractivity contribution in [3.8, 4) is 0 Å². The van der Waals surface area contributed by atoms with Gasteiger partial charge in [0.15, 0.2) is 0 Å². The van der Waals surface area contributed by atoms with Gasteiger partial charge in [0.1, 0.15) is 11.6 Å². The quantitative estimate of drug-likeness (QED) is 0.753. The number of carbonyl (C=O) groups is 1. The van der Waals surface area contributed by atoms with E-state index in [1.807, 2.05) is 0 Å². The maximum Gasteiger partial charge on any atom is 0.245 e. The average molecular weight is 351 g/mol. The fraction of sp³-hybridized carbons (Fsp3) is 0.316. The lowest BCUT2D eigenvalue weighted by atomic mass is 9.94. The monoisotopic (exact) mass is 351 g/mol. The van der Waals surface area contributed by atoms with Gasteiger partial charge in [-0.1, -0.05) is 30.3 Å². The largest absolute Gasteiger partial charge is 0.338 e. The molecule has 2 aromatic carbocycles. The van der Waals surface area contributed by atoms with Crippen molar-refractivity contribution in [1.82, 2.24) is 4.90 Å². The van der Waals surface area contributed by atoms with Crippen molar-refractivity contribution in [1.29, 1.82) is 0 Å². The lowest BCUT2D eigenvalue weighted by molar-refractivity contribution is -0.133. The van der Waals surface area contributed by atoms with E-state index in [0.29, 0.717) is 5.56 Å². The lowest BCUT2D eigenvalue weighted by Crippen LogP contribution is -2.38. The van der Waals surface area contributed by atoms with Crippen LogP contribution in [0.4, 0.5) is 17.6 Å². The van der Waals surface area contributed by atoms with Gasteiger partial charge < -0.3 is 4.90 Å². The van der Waals surface area contributed by atoms with E-state index in [1.54, 1.807) is 30.3 Å². The Hall–Kier alpha value is -2.37. The summed E-state index contributed by atoms with van der Waals surface area (Å²) in [4.78, 5) is 13.8. The van der Waals surface area contributed by atoms with Crippen molar-refractivity contribution in [2.75, 3.05) is 6.54 Å². The second-order valence-corrected chi connectivity index (χ2v) is 6.11. The molecule has 1 amide bonds. The third kappa shape index (κ3) is 3.67. The fourth-order valence-electron chi connectivity index (χ4n) is 3.18. The Morgan fingerprint density at radius 3 is 2.28 bits per heavy atom. The Morgan fingerprint density at radius 1 is 1.00 bits per heavy atom. The van der Waals surface area contributed by atoms with Crippen molar-refractivity contribution < 1.29 is 22.4 Å². The normalized spacial score (nSPS) is 15.2. The predicted octanol–water partition coefficient (Wildman–Crippen LogP) is 4.29. The van der Waals surface area contributed by atoms with Gasteiger partial charge in [-0.2, -0.15) is 0 Å². The molecule has 0 saturated carbocycles. The molecule has 0 fully saturated rings. The Labute approximate surface area is 143 Å². The zero-order chi connectivity index (χ0) is 18.0. The molecule has 0 spiro atoms. The highest BCUT2D eigenvalue weighted by Gasteiger charge is 2.30. The lowest BCUT2D eigenvalue weighted by Gasteiger charge is -2.30. The van der Waals surface area contributed by atoms with Gasteiger partial charge in [0, 0.05) is 25.1 Å². The molecule has 0 aromatic heterocycles. The molecule has 1 aliphatic rings. The Morgan fingerprint density at radius 2 is 1.64 bits per heavy atom. The summed E-state index contributed by atoms with van der Waals surface area (Å²) >= 11 is 0. The zero-order valence-corrected chi connectivity index (χ0v) is 13.4. The molecule has 1 unspecified atom stereocenters. The van der Waals surface area contributed by atoms with Gasteiger partial charge in [0.25, 0.3) is 0 Å². The third-order valence-corrected chi connectivity index (χ3v) is 4.58. The van der Waals surface area contributed by atoms with Crippen LogP contribution in [-0.4, -0.2) is 23.8 Å². The molecule has 3 rings (SSSR count). The number of fused-ring (bicyclic) bond motifs is 1. The fourth-order valence-corrected chi connectivity index (χ4v) is 3.18. The molecule has 0 N–H and O–H groups in total. The topological polar surface area (TPSA) is 20.3 Å². The molecule has 0 radical (unpaired) electrons. The summed E-state index contributed by atoms with van der Waals surface area (Å²) in [6.07, 6.45) is -2.87. The zero-order valence-electron chi connectivity index (χ0n) is 13.4. The highest BCUT2D eigenvalue weighted by atomic mass is 19.3. The average Bonchev–Trinajstić information content (AvgIpc) is 2.63. The van der Waals surface area contributed by atoms with E-state index >= 15 is 0 Å². The summed E-state index contributed by atoms with van der Waals surface area (Å²) in [7, 11) is 0. The minimum atomic E-state index is -2.68. The van der Waals surface area contributed by atoms with Crippen LogP contribution in [0.5, 0.6) is 0 Å². The number of benzene rings is 2. The van der Waals surface area contributed by atoms with E-state index in [-0.39, 0.29) is 37.1 Å². The molecule has 2 nitrogen and oxygen atoms in total. The summed E-state index contributed by atoms with van der Waals surface area (Å²) in [5.41, 5.74) is 0.783. The van der Waals surface area contributed by atoms with Gasteiger partial charge in [0.05, 0.1) is 5.92 Å². The first-order valence-corrected chi connectivity index (χ1v) is 8.04. The number of amides is 1. The molecule has 1 atom stereocenters. The summed E-state index contributed by atoms with van der Waals surface area (Å²) in [5, 5.41) is 0. The SMILES string of the molecule is O=C(CC(c1ccccc1)C(F)F)N1CCc2c(F)ccc(F)c2C1. The van der Waals surface area contributed by atoms with E-state index in [4.69, 9.17) is 0 Å². The first-order chi connectivity index (χ1) is 12.0. The maximum absolute atomic E-state index is 13.9. The number of hydrogen-bond acceptors (Lipinski definition) is 1. The third-order valence-electron chi connectivity index (χ3n) is 4.58. The minimum absolute atomic E-state index is 0.0947. The van der Waals surface area contributed by atoms with E-state index < -0.39 is 29.9 Å². The van der Waals surface area contributed by atoms with Gasteiger partial charge in [-0.15, -0.1) is 0 Å². The van der Waals surface area contributed by atoms with Crippen LogP contribution in [0, 0.1) is 11.6 Å². The Bertz CT molecular complexity index is 764. The van der Waals surface area contributed by atoms with Crippen LogP contribution in [0.15, 0.2) is 42.5 Å². The second-order valence-electron chi connectivity index (χ2n) is 6.11. The van der Waals surface area contributed by atoms with Crippen LogP contribution in [0.3, 0.4) is 0 Å². The van der Waals surface area contributed by atoms with Crippen LogP contribution in [0.2, 0.25) is 0 Å². The van der Waals surface area contributed by atoms with Crippen LogP contribution in [-0.2, 0) is 17.8 Å². The molecule has 1 heterocycles. The van der Waals surface area contributed by atoms with Gasteiger partial charge >= 0.3 is 0 Å². The first kappa shape index (κ1) is 17.5. The Balaban J connectivity index is 1.76. The van der Waals surface area contributed by atoms with Crippen LogP contribution < -0.4 is 0 Å².